The van der Waals surface area contributed by atoms with Crippen LogP contribution in [0.3, 0.4) is 0 Å². The van der Waals surface area contributed by atoms with E-state index >= 15 is 0 Å². The molecule has 0 unspecified atom stereocenters. The Hall–Kier alpha value is -2.98. The Kier molecular flexibility index (Phi) is 5.67. The molecule has 2 aromatic heterocycles. The summed E-state index contributed by atoms with van der Waals surface area (Å²) in [5.41, 5.74) is 1.22. The maximum atomic E-state index is 13.0. The first kappa shape index (κ1) is 18.8. The molecule has 0 aliphatic heterocycles. The Labute approximate surface area is 161 Å². The standard InChI is InChI=1S/C20H20N4O2S/c1-3-15-23-19-16(20(26)24(15)12-8-7-11-21)13(2)17(27-19)18(25)22-14-9-5-4-6-10-14/h4-6,9-10H,3,7-8,12H2,1-2H3,(H,22,25). The molecule has 1 amide bonds. The first-order valence-electron chi connectivity index (χ1n) is 8.83. The minimum atomic E-state index is -0.241. The average Bonchev–Trinajstić information content (AvgIpc) is 3.01. The number of carbonyl (C=O) groups excluding carboxylic acids is 1. The van der Waals surface area contributed by atoms with Crippen molar-refractivity contribution >= 4 is 33.1 Å². The molecule has 1 aromatic carbocycles. The Morgan fingerprint density at radius 2 is 2.07 bits per heavy atom. The van der Waals surface area contributed by atoms with Gasteiger partial charge in [0.15, 0.2) is 0 Å². The highest BCUT2D eigenvalue weighted by Crippen LogP contribution is 2.28. The summed E-state index contributed by atoms with van der Waals surface area (Å²) in [6.45, 7) is 4.18. The van der Waals surface area contributed by atoms with E-state index in [1.165, 1.54) is 11.3 Å². The zero-order chi connectivity index (χ0) is 19.4. The van der Waals surface area contributed by atoms with E-state index in [2.05, 4.69) is 16.4 Å². The van der Waals surface area contributed by atoms with Gasteiger partial charge in [-0.05, 0) is 31.0 Å². The van der Waals surface area contributed by atoms with E-state index in [9.17, 15) is 9.59 Å². The van der Waals surface area contributed by atoms with Crippen molar-refractivity contribution in [2.75, 3.05) is 5.32 Å². The summed E-state index contributed by atoms with van der Waals surface area (Å²) in [5, 5.41) is 12.1. The summed E-state index contributed by atoms with van der Waals surface area (Å²) in [5.74, 6) is 0.442. The van der Waals surface area contributed by atoms with Crippen LogP contribution in [0.1, 0.15) is 40.8 Å². The molecular weight excluding hydrogens is 360 g/mol. The number of nitrogens with one attached hydrogen (secondary N) is 1. The lowest BCUT2D eigenvalue weighted by Gasteiger charge is -2.10. The fraction of sp³-hybridized carbons (Fsp3) is 0.300. The Morgan fingerprint density at radius 3 is 2.74 bits per heavy atom. The van der Waals surface area contributed by atoms with Gasteiger partial charge in [0.1, 0.15) is 10.7 Å². The number of benzene rings is 1. The van der Waals surface area contributed by atoms with Gasteiger partial charge in [-0.25, -0.2) is 4.98 Å². The predicted octanol–water partition coefficient (Wildman–Crippen LogP) is 3.88. The molecule has 0 radical (unpaired) electrons. The van der Waals surface area contributed by atoms with Crippen molar-refractivity contribution in [1.82, 2.24) is 9.55 Å². The maximum Gasteiger partial charge on any atom is 0.266 e. The van der Waals surface area contributed by atoms with Crippen molar-refractivity contribution in [2.45, 2.75) is 39.7 Å². The topological polar surface area (TPSA) is 87.8 Å². The summed E-state index contributed by atoms with van der Waals surface area (Å²) in [6.07, 6.45) is 1.60. The van der Waals surface area contributed by atoms with Gasteiger partial charge in [-0.15, -0.1) is 11.3 Å². The number of thiophene rings is 1. The van der Waals surface area contributed by atoms with Crippen molar-refractivity contribution in [3.05, 3.63) is 57.0 Å². The number of unbranched alkanes of at least 4 members (excludes halogenated alkanes) is 1. The second-order valence-corrected chi connectivity index (χ2v) is 7.16. The number of anilines is 1. The molecule has 0 aliphatic carbocycles. The summed E-state index contributed by atoms with van der Waals surface area (Å²) in [4.78, 5) is 31.4. The molecule has 6 nitrogen and oxygen atoms in total. The van der Waals surface area contributed by atoms with E-state index < -0.39 is 0 Å². The summed E-state index contributed by atoms with van der Waals surface area (Å²) >= 11 is 1.24. The average molecular weight is 380 g/mol. The quantitative estimate of drug-likeness (QED) is 0.657. The Morgan fingerprint density at radius 1 is 1.33 bits per heavy atom. The number of hydrogen-bond acceptors (Lipinski definition) is 5. The van der Waals surface area contributed by atoms with Crippen LogP contribution in [0, 0.1) is 18.3 Å². The summed E-state index contributed by atoms with van der Waals surface area (Å²) < 4.78 is 1.64. The molecule has 2 heterocycles. The molecule has 0 spiro atoms. The number of para-hydroxylation sites is 1. The number of fused-ring (bicyclic) bond motifs is 1. The van der Waals surface area contributed by atoms with Gasteiger partial charge in [0, 0.05) is 25.1 Å². The number of rotatable bonds is 6. The molecule has 0 saturated heterocycles. The smallest absolute Gasteiger partial charge is 0.266 e. The molecule has 0 aliphatic rings. The van der Waals surface area contributed by atoms with E-state index in [-0.39, 0.29) is 11.5 Å². The molecular formula is C20H20N4O2S. The van der Waals surface area contributed by atoms with Crippen molar-refractivity contribution in [2.24, 2.45) is 0 Å². The maximum absolute atomic E-state index is 13.0. The normalized spacial score (nSPS) is 10.7. The third kappa shape index (κ3) is 3.76. The monoisotopic (exact) mass is 380 g/mol. The molecule has 0 bridgehead atoms. The fourth-order valence-electron chi connectivity index (χ4n) is 3.00. The van der Waals surface area contributed by atoms with Crippen molar-refractivity contribution in [3.63, 3.8) is 0 Å². The number of aryl methyl sites for hydroxylation is 2. The minimum Gasteiger partial charge on any atom is -0.321 e. The van der Waals surface area contributed by atoms with Gasteiger partial charge in [-0.2, -0.15) is 5.26 Å². The third-order valence-corrected chi connectivity index (χ3v) is 5.54. The van der Waals surface area contributed by atoms with E-state index in [4.69, 9.17) is 5.26 Å². The van der Waals surface area contributed by atoms with Crippen molar-refractivity contribution in [1.29, 1.82) is 5.26 Å². The Bertz CT molecular complexity index is 1080. The molecule has 3 aromatic rings. The van der Waals surface area contributed by atoms with E-state index in [1.54, 1.807) is 11.5 Å². The van der Waals surface area contributed by atoms with Gasteiger partial charge in [0.25, 0.3) is 11.5 Å². The van der Waals surface area contributed by atoms with Gasteiger partial charge in [-0.3, -0.25) is 14.2 Å². The lowest BCUT2D eigenvalue weighted by Crippen LogP contribution is -2.25. The van der Waals surface area contributed by atoms with Crippen LogP contribution in [-0.2, 0) is 13.0 Å². The molecule has 138 valence electrons. The lowest BCUT2D eigenvalue weighted by atomic mass is 10.2. The number of nitrogens with zero attached hydrogens (tertiary/aromatic N) is 3. The number of nitriles is 1. The summed E-state index contributed by atoms with van der Waals surface area (Å²) in [6, 6.07) is 11.3. The highest BCUT2D eigenvalue weighted by Gasteiger charge is 2.21. The van der Waals surface area contributed by atoms with Crippen LogP contribution < -0.4 is 10.9 Å². The van der Waals surface area contributed by atoms with Gasteiger partial charge in [0.05, 0.1) is 16.3 Å². The second kappa shape index (κ2) is 8.14. The van der Waals surface area contributed by atoms with Gasteiger partial charge in [-0.1, -0.05) is 25.1 Å². The van der Waals surface area contributed by atoms with Crippen LogP contribution in [-0.4, -0.2) is 15.5 Å². The van der Waals surface area contributed by atoms with Crippen LogP contribution in [0.15, 0.2) is 35.1 Å². The number of amides is 1. The van der Waals surface area contributed by atoms with Crippen LogP contribution in [0.2, 0.25) is 0 Å². The van der Waals surface area contributed by atoms with Crippen molar-refractivity contribution < 1.29 is 4.79 Å². The SMILES string of the molecule is CCc1nc2sc(C(=O)Nc3ccccc3)c(C)c2c(=O)n1CCCC#N. The number of aromatic nitrogens is 2. The highest BCUT2D eigenvalue weighted by atomic mass is 32.1. The zero-order valence-corrected chi connectivity index (χ0v) is 16.1. The molecule has 27 heavy (non-hydrogen) atoms. The molecule has 0 fully saturated rings. The van der Waals surface area contributed by atoms with E-state index in [0.717, 1.165) is 0 Å². The van der Waals surface area contributed by atoms with Crippen molar-refractivity contribution in [3.8, 4) is 6.07 Å². The fourth-order valence-corrected chi connectivity index (χ4v) is 4.09. The Balaban J connectivity index is 2.03. The molecule has 0 atom stereocenters. The van der Waals surface area contributed by atoms with Crippen LogP contribution in [0.4, 0.5) is 5.69 Å². The largest absolute Gasteiger partial charge is 0.321 e. The predicted molar refractivity (Wildman–Crippen MR) is 107 cm³/mol. The molecule has 1 N–H and O–H groups in total. The summed E-state index contributed by atoms with van der Waals surface area (Å²) in [7, 11) is 0. The van der Waals surface area contributed by atoms with Gasteiger partial charge < -0.3 is 5.32 Å². The first-order chi connectivity index (χ1) is 13.1. The minimum absolute atomic E-state index is 0.137. The van der Waals surface area contributed by atoms with E-state index in [1.807, 2.05) is 37.3 Å². The lowest BCUT2D eigenvalue weighted by molar-refractivity contribution is 0.103. The van der Waals surface area contributed by atoms with Crippen LogP contribution in [0.5, 0.6) is 0 Å². The second-order valence-electron chi connectivity index (χ2n) is 6.16. The number of hydrogen-bond donors (Lipinski definition) is 1. The van der Waals surface area contributed by atoms with Gasteiger partial charge in [0.2, 0.25) is 0 Å². The zero-order valence-electron chi connectivity index (χ0n) is 15.3. The number of carbonyl (C=O) groups is 1. The molecule has 0 saturated carbocycles. The van der Waals surface area contributed by atoms with Crippen LogP contribution >= 0.6 is 11.3 Å². The molecule has 7 heteroatoms. The molecule has 3 rings (SSSR count). The highest BCUT2D eigenvalue weighted by molar-refractivity contribution is 7.20. The third-order valence-electron chi connectivity index (χ3n) is 4.35. The first-order valence-corrected chi connectivity index (χ1v) is 9.64. The van der Waals surface area contributed by atoms with Crippen LogP contribution in [0.25, 0.3) is 10.2 Å². The van der Waals surface area contributed by atoms with Gasteiger partial charge >= 0.3 is 0 Å². The van der Waals surface area contributed by atoms with E-state index in [0.29, 0.717) is 58.0 Å².